The van der Waals surface area contributed by atoms with Gasteiger partial charge in [-0.3, -0.25) is 29.2 Å². The van der Waals surface area contributed by atoms with Gasteiger partial charge in [-0.1, -0.05) is 0 Å². The molecule has 4 rings (SSSR count). The largest absolute Gasteiger partial charge is 0.335 e. The average Bonchev–Trinajstić information content (AvgIpc) is 3.42. The molecule has 164 valence electrons. The van der Waals surface area contributed by atoms with E-state index >= 15 is 0 Å². The lowest BCUT2D eigenvalue weighted by Crippen LogP contribution is -2.48. The van der Waals surface area contributed by atoms with Crippen LogP contribution in [0.25, 0.3) is 0 Å². The third-order valence-corrected chi connectivity index (χ3v) is 5.49. The first-order chi connectivity index (χ1) is 14.8. The maximum atomic E-state index is 12.9. The van der Waals surface area contributed by atoms with Crippen LogP contribution in [0.1, 0.15) is 27.4 Å². The highest BCUT2D eigenvalue weighted by atomic mass is 16.6. The molecule has 1 aliphatic rings. The molecule has 3 aromatic heterocycles. The van der Waals surface area contributed by atoms with Gasteiger partial charge in [-0.05, 0) is 19.9 Å². The third-order valence-electron chi connectivity index (χ3n) is 5.49. The van der Waals surface area contributed by atoms with Crippen molar-refractivity contribution in [1.82, 2.24) is 39.1 Å². The number of rotatable bonds is 6. The molecule has 0 atom stereocenters. The van der Waals surface area contributed by atoms with Crippen LogP contribution in [0.15, 0.2) is 24.7 Å². The average molecular weight is 427 g/mol. The molecule has 0 spiro atoms. The molecule has 3 aromatic rings. The van der Waals surface area contributed by atoms with Crippen molar-refractivity contribution >= 4 is 11.6 Å². The summed E-state index contributed by atoms with van der Waals surface area (Å²) in [6.45, 7) is 7.12. The molecule has 1 amide bonds. The molecule has 31 heavy (non-hydrogen) atoms. The second-order valence-electron chi connectivity index (χ2n) is 7.75. The van der Waals surface area contributed by atoms with Crippen molar-refractivity contribution in [2.45, 2.75) is 27.1 Å². The van der Waals surface area contributed by atoms with Gasteiger partial charge in [-0.15, -0.1) is 0 Å². The monoisotopic (exact) mass is 427 g/mol. The number of hydrogen-bond donors (Lipinski definition) is 0. The topological polar surface area (TPSA) is 120 Å². The van der Waals surface area contributed by atoms with E-state index in [0.29, 0.717) is 30.2 Å². The molecule has 0 bridgehead atoms. The minimum Gasteiger partial charge on any atom is -0.335 e. The molecule has 0 saturated carbocycles. The van der Waals surface area contributed by atoms with Gasteiger partial charge in [0.1, 0.15) is 23.8 Å². The summed E-state index contributed by atoms with van der Waals surface area (Å²) < 4.78 is 4.87. The molecular weight excluding hydrogens is 402 g/mol. The molecule has 0 aromatic carbocycles. The van der Waals surface area contributed by atoms with E-state index in [0.717, 1.165) is 25.2 Å². The van der Waals surface area contributed by atoms with E-state index < -0.39 is 4.92 Å². The van der Waals surface area contributed by atoms with E-state index in [4.69, 9.17) is 0 Å². The number of amides is 1. The van der Waals surface area contributed by atoms with Crippen LogP contribution in [0.3, 0.4) is 0 Å². The number of aryl methyl sites for hydroxylation is 2. The van der Waals surface area contributed by atoms with Gasteiger partial charge >= 0.3 is 5.69 Å². The van der Waals surface area contributed by atoms with Crippen LogP contribution in [0.5, 0.6) is 0 Å². The Balaban J connectivity index is 1.36. The fourth-order valence-corrected chi connectivity index (χ4v) is 3.86. The summed E-state index contributed by atoms with van der Waals surface area (Å²) in [4.78, 5) is 27.7. The summed E-state index contributed by atoms with van der Waals surface area (Å²) in [6.07, 6.45) is 5.55. The second kappa shape index (κ2) is 8.30. The molecule has 12 nitrogen and oxygen atoms in total. The van der Waals surface area contributed by atoms with Crippen LogP contribution >= 0.6 is 0 Å². The van der Waals surface area contributed by atoms with Crippen LogP contribution in [0, 0.1) is 24.0 Å². The zero-order valence-electron chi connectivity index (χ0n) is 17.8. The normalized spacial score (nSPS) is 14.9. The van der Waals surface area contributed by atoms with Crippen molar-refractivity contribution in [3.05, 3.63) is 57.4 Å². The van der Waals surface area contributed by atoms with Crippen molar-refractivity contribution < 1.29 is 9.72 Å². The van der Waals surface area contributed by atoms with E-state index in [1.807, 2.05) is 19.4 Å². The predicted molar refractivity (Wildman–Crippen MR) is 110 cm³/mol. The molecule has 0 aliphatic carbocycles. The molecule has 0 N–H and O–H groups in total. The van der Waals surface area contributed by atoms with Crippen LogP contribution in [-0.2, 0) is 20.3 Å². The van der Waals surface area contributed by atoms with Crippen LogP contribution in [0.2, 0.25) is 0 Å². The first-order valence-corrected chi connectivity index (χ1v) is 10.0. The number of carbonyl (C=O) groups excluding carboxylic acids is 1. The fourth-order valence-electron chi connectivity index (χ4n) is 3.86. The first kappa shape index (κ1) is 20.7. The number of hydrogen-bond acceptors (Lipinski definition) is 7. The highest BCUT2D eigenvalue weighted by molar-refractivity contribution is 5.92. The molecule has 12 heteroatoms. The lowest BCUT2D eigenvalue weighted by molar-refractivity contribution is -0.386. The van der Waals surface area contributed by atoms with Crippen LogP contribution in [0.4, 0.5) is 5.69 Å². The van der Waals surface area contributed by atoms with Crippen molar-refractivity contribution in [2.75, 3.05) is 26.2 Å². The second-order valence-corrected chi connectivity index (χ2v) is 7.75. The maximum absolute atomic E-state index is 12.9. The Kier molecular flexibility index (Phi) is 5.55. The summed E-state index contributed by atoms with van der Waals surface area (Å²) in [5, 5.41) is 24.0. The van der Waals surface area contributed by atoms with Gasteiger partial charge in [0.25, 0.3) is 5.91 Å². The number of carbonyl (C=O) groups is 1. The van der Waals surface area contributed by atoms with Gasteiger partial charge in [0.2, 0.25) is 0 Å². The molecule has 1 fully saturated rings. The zero-order valence-corrected chi connectivity index (χ0v) is 17.8. The molecular formula is C19H25N9O3. The Morgan fingerprint density at radius 1 is 1.19 bits per heavy atom. The number of nitrogens with zero attached hydrogens (tertiary/aromatic N) is 9. The maximum Gasteiger partial charge on any atom is 0.312 e. The number of nitro groups is 1. The van der Waals surface area contributed by atoms with Crippen LogP contribution in [-0.4, -0.2) is 76.2 Å². The molecule has 0 radical (unpaired) electrons. The molecule has 1 aliphatic heterocycles. The fraction of sp³-hybridized carbons (Fsp3) is 0.474. The predicted octanol–water partition coefficient (Wildman–Crippen LogP) is 0.802. The molecule has 1 saturated heterocycles. The highest BCUT2D eigenvalue weighted by Crippen LogP contribution is 2.21. The van der Waals surface area contributed by atoms with E-state index in [1.54, 1.807) is 40.4 Å². The summed E-state index contributed by atoms with van der Waals surface area (Å²) >= 11 is 0. The first-order valence-electron chi connectivity index (χ1n) is 10.0. The van der Waals surface area contributed by atoms with Gasteiger partial charge < -0.3 is 4.90 Å². The van der Waals surface area contributed by atoms with Crippen molar-refractivity contribution in [2.24, 2.45) is 7.05 Å². The van der Waals surface area contributed by atoms with Crippen molar-refractivity contribution in [3.8, 4) is 0 Å². The van der Waals surface area contributed by atoms with Crippen LogP contribution < -0.4 is 0 Å². The third kappa shape index (κ3) is 4.33. The van der Waals surface area contributed by atoms with Crippen molar-refractivity contribution in [3.63, 3.8) is 0 Å². The summed E-state index contributed by atoms with van der Waals surface area (Å²) in [5.74, 6) is -0.112. The lowest BCUT2D eigenvalue weighted by atomic mass is 10.2. The smallest absolute Gasteiger partial charge is 0.312 e. The Hall–Kier alpha value is -3.54. The van der Waals surface area contributed by atoms with Gasteiger partial charge in [0.05, 0.1) is 11.1 Å². The van der Waals surface area contributed by atoms with Gasteiger partial charge in [0, 0.05) is 57.7 Å². The Morgan fingerprint density at radius 3 is 2.55 bits per heavy atom. The Bertz CT molecular complexity index is 1110. The molecule has 0 unspecified atom stereocenters. The van der Waals surface area contributed by atoms with Gasteiger partial charge in [-0.25, -0.2) is 4.68 Å². The van der Waals surface area contributed by atoms with Crippen molar-refractivity contribution in [1.29, 1.82) is 0 Å². The minimum atomic E-state index is -0.430. The number of piperazine rings is 1. The van der Waals surface area contributed by atoms with E-state index in [1.165, 1.54) is 4.68 Å². The molecule has 4 heterocycles. The summed E-state index contributed by atoms with van der Waals surface area (Å²) in [7, 11) is 1.90. The summed E-state index contributed by atoms with van der Waals surface area (Å²) in [6, 6.07) is 1.67. The van der Waals surface area contributed by atoms with E-state index in [9.17, 15) is 14.9 Å². The van der Waals surface area contributed by atoms with Gasteiger partial charge in [0.15, 0.2) is 0 Å². The SMILES string of the molecule is Cc1nn(Cn2ccc(C(=O)N3CCN(Cc4cnn(C)c4)CC3)n2)c(C)c1[N+](=O)[O-]. The van der Waals surface area contributed by atoms with E-state index in [-0.39, 0.29) is 18.3 Å². The van der Waals surface area contributed by atoms with Gasteiger partial charge in [-0.2, -0.15) is 15.3 Å². The quantitative estimate of drug-likeness (QED) is 0.421. The Morgan fingerprint density at radius 2 is 1.94 bits per heavy atom. The Labute approximate surface area is 178 Å². The standard InChI is InChI=1S/C19H25N9O3/c1-14-18(28(30)31)15(2)27(21-14)13-26-5-4-17(22-26)19(29)25-8-6-24(7-9-25)12-16-10-20-23(3)11-16/h4-5,10-11H,6-9,12-13H2,1-3H3. The zero-order chi connectivity index (χ0) is 22.1. The highest BCUT2D eigenvalue weighted by Gasteiger charge is 2.25. The summed E-state index contributed by atoms with van der Waals surface area (Å²) in [5.41, 5.74) is 2.33. The minimum absolute atomic E-state index is 0.00705. The van der Waals surface area contributed by atoms with E-state index in [2.05, 4.69) is 20.2 Å². The number of aromatic nitrogens is 6. The lowest BCUT2D eigenvalue weighted by Gasteiger charge is -2.34.